The van der Waals surface area contributed by atoms with Crippen molar-refractivity contribution in [2.75, 3.05) is 6.61 Å². The van der Waals surface area contributed by atoms with E-state index in [2.05, 4.69) is 13.5 Å². The first-order valence-electron chi connectivity index (χ1n) is 5.67. The van der Waals surface area contributed by atoms with Crippen molar-refractivity contribution in [3.05, 3.63) is 24.3 Å². The van der Waals surface area contributed by atoms with Crippen LogP contribution in [0.25, 0.3) is 0 Å². The van der Waals surface area contributed by atoms with E-state index in [4.69, 9.17) is 4.74 Å². The molecule has 0 aliphatic heterocycles. The summed E-state index contributed by atoms with van der Waals surface area (Å²) in [5, 5.41) is 0. The number of rotatable bonds is 8. The molecule has 0 fully saturated rings. The highest BCUT2D eigenvalue weighted by atomic mass is 16.5. The van der Waals surface area contributed by atoms with Gasteiger partial charge >= 0.3 is 5.97 Å². The molecule has 0 unspecified atom stereocenters. The van der Waals surface area contributed by atoms with Gasteiger partial charge in [-0.3, -0.25) is 0 Å². The number of carbonyl (C=O) groups is 1. The second-order valence-electron chi connectivity index (χ2n) is 3.62. The first kappa shape index (κ1) is 13.9. The molecule has 86 valence electrons. The second-order valence-corrected chi connectivity index (χ2v) is 3.62. The van der Waals surface area contributed by atoms with Gasteiger partial charge in [0.05, 0.1) is 0 Å². The van der Waals surface area contributed by atoms with Gasteiger partial charge in [-0.2, -0.15) is 0 Å². The summed E-state index contributed by atoms with van der Waals surface area (Å²) in [6.07, 6.45) is 9.41. The molecule has 0 spiro atoms. The predicted molar refractivity (Wildman–Crippen MR) is 63.7 cm³/mol. The number of allylic oxidation sites excluding steroid dienone is 1. The lowest BCUT2D eigenvalue weighted by atomic mass is 10.1. The summed E-state index contributed by atoms with van der Waals surface area (Å²) in [4.78, 5) is 11.3. The lowest BCUT2D eigenvalue weighted by Crippen LogP contribution is -2.05. The van der Waals surface area contributed by atoms with Gasteiger partial charge in [0.15, 0.2) is 0 Å². The van der Waals surface area contributed by atoms with Gasteiger partial charge in [0.25, 0.3) is 0 Å². The number of unbranched alkanes of at least 4 members (excludes halogenated alkanes) is 4. The van der Waals surface area contributed by atoms with Crippen LogP contribution in [-0.4, -0.2) is 12.6 Å². The maximum absolute atomic E-state index is 11.3. The molecule has 0 aliphatic rings. The monoisotopic (exact) mass is 210 g/mol. The molecule has 0 amide bonds. The molecule has 0 rings (SSSR count). The molecule has 2 nitrogen and oxygen atoms in total. The summed E-state index contributed by atoms with van der Waals surface area (Å²) in [6.45, 7) is 7.77. The zero-order valence-corrected chi connectivity index (χ0v) is 9.92. The molecule has 0 atom stereocenters. The van der Waals surface area contributed by atoms with E-state index in [-0.39, 0.29) is 5.97 Å². The van der Waals surface area contributed by atoms with Crippen molar-refractivity contribution < 1.29 is 9.53 Å². The smallest absolute Gasteiger partial charge is 0.333 e. The summed E-state index contributed by atoms with van der Waals surface area (Å²) in [5.74, 6) is -0.231. The molecule has 0 N–H and O–H groups in total. The Hall–Kier alpha value is -1.05. The van der Waals surface area contributed by atoms with Gasteiger partial charge in [0, 0.05) is 5.57 Å². The Balaban J connectivity index is 3.67. The highest BCUT2D eigenvalue weighted by molar-refractivity contribution is 5.87. The maximum atomic E-state index is 11.3. The van der Waals surface area contributed by atoms with Crippen LogP contribution < -0.4 is 0 Å². The summed E-state index contributed by atoms with van der Waals surface area (Å²) in [6, 6.07) is 0. The zero-order valence-electron chi connectivity index (χ0n) is 9.92. The third kappa shape index (κ3) is 7.98. The second kappa shape index (κ2) is 9.50. The van der Waals surface area contributed by atoms with Gasteiger partial charge in [0.2, 0.25) is 0 Å². The Morgan fingerprint density at radius 3 is 2.67 bits per heavy atom. The average Bonchev–Trinajstić information content (AvgIpc) is 2.25. The van der Waals surface area contributed by atoms with Crippen LogP contribution in [-0.2, 0) is 9.53 Å². The SMILES string of the molecule is C=CCOC(=O)C(C)=CCCCCCC. The molecule has 0 aliphatic carbocycles. The van der Waals surface area contributed by atoms with Crippen molar-refractivity contribution in [1.29, 1.82) is 0 Å². The van der Waals surface area contributed by atoms with Crippen molar-refractivity contribution in [2.24, 2.45) is 0 Å². The van der Waals surface area contributed by atoms with Crippen molar-refractivity contribution in [3.63, 3.8) is 0 Å². The van der Waals surface area contributed by atoms with Crippen LogP contribution in [0.2, 0.25) is 0 Å². The van der Waals surface area contributed by atoms with Gasteiger partial charge in [-0.15, -0.1) is 0 Å². The van der Waals surface area contributed by atoms with Crippen molar-refractivity contribution in [3.8, 4) is 0 Å². The molecular weight excluding hydrogens is 188 g/mol. The first-order valence-corrected chi connectivity index (χ1v) is 5.67. The lowest BCUT2D eigenvalue weighted by molar-refractivity contribution is -0.137. The molecule has 0 aromatic carbocycles. The van der Waals surface area contributed by atoms with E-state index in [1.165, 1.54) is 19.3 Å². The van der Waals surface area contributed by atoms with Crippen molar-refractivity contribution >= 4 is 5.97 Å². The average molecular weight is 210 g/mol. The topological polar surface area (TPSA) is 26.3 Å². The molecule has 0 radical (unpaired) electrons. The number of hydrogen-bond donors (Lipinski definition) is 0. The molecule has 0 heterocycles. The van der Waals surface area contributed by atoms with Crippen LogP contribution in [0.4, 0.5) is 0 Å². The van der Waals surface area contributed by atoms with Gasteiger partial charge in [-0.05, 0) is 19.8 Å². The van der Waals surface area contributed by atoms with E-state index >= 15 is 0 Å². The Bertz CT molecular complexity index is 217. The number of hydrogen-bond acceptors (Lipinski definition) is 2. The normalized spacial score (nSPS) is 11.2. The van der Waals surface area contributed by atoms with Gasteiger partial charge in [0.1, 0.15) is 6.61 Å². The highest BCUT2D eigenvalue weighted by Crippen LogP contribution is 2.06. The van der Waals surface area contributed by atoms with Crippen molar-refractivity contribution in [1.82, 2.24) is 0 Å². The summed E-state index contributed by atoms with van der Waals surface area (Å²) < 4.78 is 4.91. The minimum atomic E-state index is -0.231. The van der Waals surface area contributed by atoms with Gasteiger partial charge in [-0.1, -0.05) is 44.9 Å². The van der Waals surface area contributed by atoms with Crippen LogP contribution in [0.3, 0.4) is 0 Å². The lowest BCUT2D eigenvalue weighted by Gasteiger charge is -2.01. The predicted octanol–water partition coefficient (Wildman–Crippen LogP) is 3.63. The van der Waals surface area contributed by atoms with Crippen LogP contribution in [0.15, 0.2) is 24.3 Å². The van der Waals surface area contributed by atoms with Gasteiger partial charge in [-0.25, -0.2) is 4.79 Å². The molecule has 0 saturated heterocycles. The Labute approximate surface area is 93.0 Å². The maximum Gasteiger partial charge on any atom is 0.333 e. The zero-order chi connectivity index (χ0) is 11.5. The van der Waals surface area contributed by atoms with Crippen LogP contribution in [0.1, 0.15) is 46.0 Å². The fraction of sp³-hybridized carbons (Fsp3) is 0.615. The Morgan fingerprint density at radius 1 is 1.33 bits per heavy atom. The Kier molecular flexibility index (Phi) is 8.84. The first-order chi connectivity index (χ1) is 7.22. The molecular formula is C13H22O2. The minimum absolute atomic E-state index is 0.231. The fourth-order valence-corrected chi connectivity index (χ4v) is 1.22. The Morgan fingerprint density at radius 2 is 2.07 bits per heavy atom. The minimum Gasteiger partial charge on any atom is -0.458 e. The van der Waals surface area contributed by atoms with Crippen molar-refractivity contribution in [2.45, 2.75) is 46.0 Å². The van der Waals surface area contributed by atoms with E-state index in [9.17, 15) is 4.79 Å². The summed E-state index contributed by atoms with van der Waals surface area (Å²) in [5.41, 5.74) is 0.702. The fourth-order valence-electron chi connectivity index (χ4n) is 1.22. The van der Waals surface area contributed by atoms with E-state index in [1.54, 1.807) is 13.0 Å². The third-order valence-corrected chi connectivity index (χ3v) is 2.16. The van der Waals surface area contributed by atoms with Gasteiger partial charge < -0.3 is 4.74 Å². The summed E-state index contributed by atoms with van der Waals surface area (Å²) >= 11 is 0. The standard InChI is InChI=1S/C13H22O2/c1-4-6-7-8-9-10-12(3)13(14)15-11-5-2/h5,10H,2,4,6-9,11H2,1,3H3. The van der Waals surface area contributed by atoms with Crippen LogP contribution in [0.5, 0.6) is 0 Å². The van der Waals surface area contributed by atoms with E-state index < -0.39 is 0 Å². The molecule has 0 aromatic rings. The highest BCUT2D eigenvalue weighted by Gasteiger charge is 2.02. The number of carbonyl (C=O) groups excluding carboxylic acids is 1. The number of esters is 1. The van der Waals surface area contributed by atoms with E-state index in [1.807, 2.05) is 6.08 Å². The third-order valence-electron chi connectivity index (χ3n) is 2.16. The molecule has 2 heteroatoms. The molecule has 15 heavy (non-hydrogen) atoms. The van der Waals surface area contributed by atoms with Crippen LogP contribution in [0, 0.1) is 0 Å². The van der Waals surface area contributed by atoms with Crippen LogP contribution >= 0.6 is 0 Å². The molecule has 0 saturated carbocycles. The van der Waals surface area contributed by atoms with E-state index in [0.717, 1.165) is 12.8 Å². The summed E-state index contributed by atoms with van der Waals surface area (Å²) in [7, 11) is 0. The van der Waals surface area contributed by atoms with E-state index in [0.29, 0.717) is 12.2 Å². The molecule has 0 bridgehead atoms. The largest absolute Gasteiger partial charge is 0.458 e. The molecule has 0 aromatic heterocycles. The quantitative estimate of drug-likeness (QED) is 0.265. The number of ether oxygens (including phenoxy) is 1.